The maximum atomic E-state index is 13.4. The minimum atomic E-state index is -1.96. The van der Waals surface area contributed by atoms with Crippen molar-refractivity contribution in [2.24, 2.45) is 0 Å². The average molecular weight is 480 g/mol. The fourth-order valence-corrected chi connectivity index (χ4v) is 4.38. The molecule has 1 atom stereocenters. The number of benzene rings is 3. The molecule has 3 aromatic rings. The van der Waals surface area contributed by atoms with E-state index in [1.54, 1.807) is 30.3 Å². The summed E-state index contributed by atoms with van der Waals surface area (Å²) in [5, 5.41) is 11.5. The molecular weight excluding hydrogens is 462 g/mol. The lowest BCUT2D eigenvalue weighted by molar-refractivity contribution is -0.136. The number of anilines is 1. The van der Waals surface area contributed by atoms with Gasteiger partial charge in [0.05, 0.1) is 18.7 Å². The van der Waals surface area contributed by atoms with Crippen LogP contribution in [0.4, 0.5) is 5.69 Å². The van der Waals surface area contributed by atoms with Crippen molar-refractivity contribution in [1.82, 2.24) is 0 Å². The van der Waals surface area contributed by atoms with Crippen molar-refractivity contribution in [1.29, 1.82) is 0 Å². The third-order valence-electron chi connectivity index (χ3n) is 5.59. The lowest BCUT2D eigenvalue weighted by Gasteiger charge is -2.23. The second-order valence-electron chi connectivity index (χ2n) is 7.57. The Bertz CT molecular complexity index is 1200. The van der Waals surface area contributed by atoms with Crippen molar-refractivity contribution >= 4 is 33.3 Å². The number of rotatable bonds is 5. The van der Waals surface area contributed by atoms with Crippen LogP contribution in [0.5, 0.6) is 11.5 Å². The van der Waals surface area contributed by atoms with Crippen LogP contribution in [0.15, 0.2) is 71.2 Å². The lowest BCUT2D eigenvalue weighted by atomic mass is 9.88. The van der Waals surface area contributed by atoms with Gasteiger partial charge in [0.1, 0.15) is 0 Å². The molecule has 3 aromatic carbocycles. The minimum absolute atomic E-state index is 0.102. The number of aliphatic hydroxyl groups is 1. The SMILES string of the molecule is O=C(C[C@]1(O)C(=O)N(Cc2ccccc2)c2ccc(Br)cc21)c1ccc2c(c1)OCO2. The molecule has 5 rings (SSSR count). The number of carbonyl (C=O) groups excluding carboxylic acids is 2. The number of carbonyl (C=O) groups is 2. The highest BCUT2D eigenvalue weighted by Gasteiger charge is 2.51. The normalized spacial score (nSPS) is 18.9. The Labute approximate surface area is 187 Å². The maximum absolute atomic E-state index is 13.4. The zero-order chi connectivity index (χ0) is 21.6. The number of hydrogen-bond acceptors (Lipinski definition) is 5. The summed E-state index contributed by atoms with van der Waals surface area (Å²) in [6.07, 6.45) is -0.375. The van der Waals surface area contributed by atoms with Crippen LogP contribution in [-0.2, 0) is 16.9 Å². The fourth-order valence-electron chi connectivity index (χ4n) is 4.02. The van der Waals surface area contributed by atoms with Crippen LogP contribution in [0, 0.1) is 0 Å². The average Bonchev–Trinajstić information content (AvgIpc) is 3.32. The Morgan fingerprint density at radius 3 is 2.61 bits per heavy atom. The van der Waals surface area contributed by atoms with Gasteiger partial charge in [-0.3, -0.25) is 9.59 Å². The Morgan fingerprint density at radius 1 is 1.03 bits per heavy atom. The van der Waals surface area contributed by atoms with E-state index in [0.29, 0.717) is 34.9 Å². The molecule has 1 N–H and O–H groups in total. The first-order valence-corrected chi connectivity index (χ1v) is 10.6. The molecule has 0 saturated carbocycles. The summed E-state index contributed by atoms with van der Waals surface area (Å²) >= 11 is 3.41. The van der Waals surface area contributed by atoms with E-state index in [-0.39, 0.29) is 19.0 Å². The standard InChI is InChI=1S/C24H18BrNO5/c25-17-7-8-19-18(11-17)24(29,23(28)26(19)13-15-4-2-1-3-5-15)12-20(27)16-6-9-21-22(10-16)31-14-30-21/h1-11,29H,12-14H2/t24-/m1/s1. The molecular formula is C24H18BrNO5. The molecule has 156 valence electrons. The molecule has 6 nitrogen and oxygen atoms in total. The summed E-state index contributed by atoms with van der Waals surface area (Å²) in [5.74, 6) is 0.167. The van der Waals surface area contributed by atoms with Gasteiger partial charge in [0, 0.05) is 15.6 Å². The Morgan fingerprint density at radius 2 is 1.81 bits per heavy atom. The fraction of sp³-hybridized carbons (Fsp3) is 0.167. The van der Waals surface area contributed by atoms with Gasteiger partial charge in [-0.2, -0.15) is 0 Å². The highest BCUT2D eigenvalue weighted by molar-refractivity contribution is 9.10. The maximum Gasteiger partial charge on any atom is 0.264 e. The highest BCUT2D eigenvalue weighted by atomic mass is 79.9. The first kappa shape index (κ1) is 19.8. The van der Waals surface area contributed by atoms with Gasteiger partial charge in [-0.05, 0) is 42.0 Å². The molecule has 2 aliphatic rings. The second kappa shape index (κ2) is 7.51. The number of nitrogens with zero attached hydrogens (tertiary/aromatic N) is 1. The summed E-state index contributed by atoms with van der Waals surface area (Å²) in [7, 11) is 0. The Balaban J connectivity index is 1.49. The van der Waals surface area contributed by atoms with Gasteiger partial charge in [0.2, 0.25) is 6.79 Å². The van der Waals surface area contributed by atoms with Gasteiger partial charge in [0.25, 0.3) is 5.91 Å². The van der Waals surface area contributed by atoms with Gasteiger partial charge in [-0.25, -0.2) is 0 Å². The molecule has 31 heavy (non-hydrogen) atoms. The summed E-state index contributed by atoms with van der Waals surface area (Å²) in [6.45, 7) is 0.403. The second-order valence-corrected chi connectivity index (χ2v) is 8.48. The summed E-state index contributed by atoms with van der Waals surface area (Å²) < 4.78 is 11.3. The Hall–Kier alpha value is -3.16. The zero-order valence-corrected chi connectivity index (χ0v) is 18.0. The first-order valence-electron chi connectivity index (χ1n) is 9.77. The summed E-state index contributed by atoms with van der Waals surface area (Å²) in [4.78, 5) is 28.0. The van der Waals surface area contributed by atoms with Crippen molar-refractivity contribution in [3.05, 3.63) is 87.9 Å². The van der Waals surface area contributed by atoms with Crippen LogP contribution in [0.3, 0.4) is 0 Å². The van der Waals surface area contributed by atoms with Crippen LogP contribution in [0.1, 0.15) is 27.9 Å². The van der Waals surface area contributed by atoms with Crippen molar-refractivity contribution in [2.75, 3.05) is 11.7 Å². The number of fused-ring (bicyclic) bond motifs is 2. The first-order chi connectivity index (χ1) is 15.0. The monoisotopic (exact) mass is 479 g/mol. The molecule has 7 heteroatoms. The number of Topliss-reactive ketones (excluding diaryl/α,β-unsaturated/α-hetero) is 1. The molecule has 0 aliphatic carbocycles. The van der Waals surface area contributed by atoms with Crippen LogP contribution in [0.25, 0.3) is 0 Å². The van der Waals surface area contributed by atoms with Gasteiger partial charge < -0.3 is 19.5 Å². The molecule has 0 unspecified atom stereocenters. The van der Waals surface area contributed by atoms with E-state index < -0.39 is 11.5 Å². The summed E-state index contributed by atoms with van der Waals surface area (Å²) in [5.41, 5.74) is 0.330. The van der Waals surface area contributed by atoms with Crippen molar-refractivity contribution in [3.63, 3.8) is 0 Å². The molecule has 2 heterocycles. The molecule has 0 aromatic heterocycles. The van der Waals surface area contributed by atoms with E-state index in [1.165, 1.54) is 4.90 Å². The van der Waals surface area contributed by atoms with Crippen LogP contribution < -0.4 is 14.4 Å². The molecule has 0 fully saturated rings. The van der Waals surface area contributed by atoms with Crippen molar-refractivity contribution in [3.8, 4) is 11.5 Å². The molecule has 2 aliphatic heterocycles. The molecule has 0 radical (unpaired) electrons. The van der Waals surface area contributed by atoms with E-state index in [1.807, 2.05) is 36.4 Å². The summed E-state index contributed by atoms with van der Waals surface area (Å²) in [6, 6.07) is 19.7. The third kappa shape index (κ3) is 3.40. The van der Waals surface area contributed by atoms with Crippen LogP contribution in [-0.4, -0.2) is 23.6 Å². The van der Waals surface area contributed by atoms with Crippen molar-refractivity contribution in [2.45, 2.75) is 18.6 Å². The number of ketones is 1. The highest BCUT2D eigenvalue weighted by Crippen LogP contribution is 2.45. The van der Waals surface area contributed by atoms with Crippen molar-refractivity contribution < 1.29 is 24.2 Å². The molecule has 0 bridgehead atoms. The largest absolute Gasteiger partial charge is 0.454 e. The van der Waals surface area contributed by atoms with Crippen LogP contribution in [0.2, 0.25) is 0 Å². The predicted molar refractivity (Wildman–Crippen MR) is 117 cm³/mol. The lowest BCUT2D eigenvalue weighted by Crippen LogP contribution is -2.41. The van der Waals surface area contributed by atoms with Gasteiger partial charge in [0.15, 0.2) is 22.9 Å². The topological polar surface area (TPSA) is 76.1 Å². The van der Waals surface area contributed by atoms with Gasteiger partial charge in [-0.15, -0.1) is 0 Å². The zero-order valence-electron chi connectivity index (χ0n) is 16.4. The van der Waals surface area contributed by atoms with E-state index in [4.69, 9.17) is 9.47 Å². The number of halogens is 1. The number of ether oxygens (including phenoxy) is 2. The molecule has 0 spiro atoms. The number of amides is 1. The number of hydrogen-bond donors (Lipinski definition) is 1. The van der Waals surface area contributed by atoms with E-state index >= 15 is 0 Å². The van der Waals surface area contributed by atoms with E-state index in [0.717, 1.165) is 10.0 Å². The smallest absolute Gasteiger partial charge is 0.264 e. The van der Waals surface area contributed by atoms with Gasteiger partial charge >= 0.3 is 0 Å². The molecule has 1 amide bonds. The van der Waals surface area contributed by atoms with Gasteiger partial charge in [-0.1, -0.05) is 46.3 Å². The predicted octanol–water partition coefficient (Wildman–Crippen LogP) is 4.19. The van der Waals surface area contributed by atoms with E-state index in [2.05, 4.69) is 15.9 Å². The minimum Gasteiger partial charge on any atom is -0.454 e. The van der Waals surface area contributed by atoms with Crippen LogP contribution >= 0.6 is 15.9 Å². The quantitative estimate of drug-likeness (QED) is 0.555. The third-order valence-corrected chi connectivity index (χ3v) is 6.08. The van der Waals surface area contributed by atoms with E-state index in [9.17, 15) is 14.7 Å². The molecule has 0 saturated heterocycles. The Kier molecular flexibility index (Phi) is 4.79.